The van der Waals surface area contributed by atoms with Crippen LogP contribution in [0.4, 0.5) is 0 Å². The van der Waals surface area contributed by atoms with E-state index in [0.29, 0.717) is 11.3 Å². The Morgan fingerprint density at radius 2 is 1.83 bits per heavy atom. The van der Waals surface area contributed by atoms with Gasteiger partial charge in [0.2, 0.25) is 5.28 Å². The van der Waals surface area contributed by atoms with Gasteiger partial charge >= 0.3 is 0 Å². The molecule has 0 fully saturated rings. The predicted octanol–water partition coefficient (Wildman–Crippen LogP) is 1.75. The second kappa shape index (κ2) is 3.83. The monoisotopic (exact) mass is 185 g/mol. The first-order valence-electron chi connectivity index (χ1n) is 3.75. The molecule has 1 unspecified atom stereocenters. The fourth-order valence-electron chi connectivity index (χ4n) is 0.836. The summed E-state index contributed by atoms with van der Waals surface area (Å²) in [4.78, 5) is 9.91. The molecule has 1 atom stereocenters. The molecule has 0 amide bonds. The van der Waals surface area contributed by atoms with E-state index in [1.807, 2.05) is 14.1 Å². The summed E-state index contributed by atoms with van der Waals surface area (Å²) in [6, 6.07) is 0.322. The van der Waals surface area contributed by atoms with Gasteiger partial charge in [0.1, 0.15) is 0 Å². The van der Waals surface area contributed by atoms with Crippen LogP contribution in [-0.2, 0) is 0 Å². The molecule has 0 aromatic carbocycles. The summed E-state index contributed by atoms with van der Waals surface area (Å²) < 4.78 is 0. The first-order chi connectivity index (χ1) is 5.61. The molecule has 1 rings (SSSR count). The third-order valence-electron chi connectivity index (χ3n) is 1.90. The Morgan fingerprint density at radius 3 is 2.25 bits per heavy atom. The van der Waals surface area contributed by atoms with Gasteiger partial charge in [-0.05, 0) is 32.6 Å². The second-order valence-corrected chi connectivity index (χ2v) is 3.26. The van der Waals surface area contributed by atoms with E-state index in [2.05, 4.69) is 21.8 Å². The summed E-state index contributed by atoms with van der Waals surface area (Å²) in [5.41, 5.74) is 1.07. The third-order valence-corrected chi connectivity index (χ3v) is 2.09. The van der Waals surface area contributed by atoms with Crippen molar-refractivity contribution in [1.29, 1.82) is 0 Å². The molecule has 66 valence electrons. The average molecular weight is 186 g/mol. The minimum absolute atomic E-state index is 0.296. The molecule has 1 aromatic rings. The minimum Gasteiger partial charge on any atom is -0.303 e. The summed E-state index contributed by atoms with van der Waals surface area (Å²) in [6.45, 7) is 2.09. The highest BCUT2D eigenvalue weighted by molar-refractivity contribution is 6.28. The molecule has 0 spiro atoms. The van der Waals surface area contributed by atoms with Crippen LogP contribution in [-0.4, -0.2) is 29.0 Å². The first kappa shape index (κ1) is 9.42. The lowest BCUT2D eigenvalue weighted by Gasteiger charge is -2.18. The maximum absolute atomic E-state index is 5.56. The first-order valence-corrected chi connectivity index (χ1v) is 4.13. The van der Waals surface area contributed by atoms with Gasteiger partial charge in [-0.15, -0.1) is 0 Å². The highest BCUT2D eigenvalue weighted by atomic mass is 35.5. The van der Waals surface area contributed by atoms with Crippen molar-refractivity contribution in [2.75, 3.05) is 14.1 Å². The molecule has 1 heterocycles. The van der Waals surface area contributed by atoms with Crippen LogP contribution in [0, 0.1) is 0 Å². The predicted molar refractivity (Wildman–Crippen MR) is 49.1 cm³/mol. The zero-order valence-corrected chi connectivity index (χ0v) is 8.21. The van der Waals surface area contributed by atoms with Gasteiger partial charge in [-0.1, -0.05) is 0 Å². The minimum atomic E-state index is 0.296. The van der Waals surface area contributed by atoms with E-state index in [-0.39, 0.29) is 0 Å². The van der Waals surface area contributed by atoms with E-state index in [0.717, 1.165) is 5.56 Å². The molecule has 12 heavy (non-hydrogen) atoms. The van der Waals surface area contributed by atoms with Crippen molar-refractivity contribution in [3.63, 3.8) is 0 Å². The van der Waals surface area contributed by atoms with Gasteiger partial charge in [-0.2, -0.15) is 0 Å². The Morgan fingerprint density at radius 1 is 1.33 bits per heavy atom. The topological polar surface area (TPSA) is 29.0 Å². The van der Waals surface area contributed by atoms with Crippen LogP contribution >= 0.6 is 11.6 Å². The van der Waals surface area contributed by atoms with Gasteiger partial charge in [0.25, 0.3) is 0 Å². The lowest BCUT2D eigenvalue weighted by molar-refractivity contribution is 0.320. The van der Waals surface area contributed by atoms with E-state index in [9.17, 15) is 0 Å². The molecule has 0 aliphatic heterocycles. The number of halogens is 1. The fraction of sp³-hybridized carbons (Fsp3) is 0.500. The Bertz CT molecular complexity index is 245. The number of rotatable bonds is 2. The lowest BCUT2D eigenvalue weighted by Crippen LogP contribution is -2.17. The number of hydrogen-bond donors (Lipinski definition) is 0. The standard InChI is InChI=1S/C8H12ClN3/c1-6(12(2)3)7-4-10-8(9)11-5-7/h4-6H,1-3H3. The van der Waals surface area contributed by atoms with Crippen molar-refractivity contribution in [3.8, 4) is 0 Å². The quantitative estimate of drug-likeness (QED) is 0.658. The zero-order chi connectivity index (χ0) is 9.14. The highest BCUT2D eigenvalue weighted by Crippen LogP contribution is 2.15. The Labute approximate surface area is 77.4 Å². The number of hydrogen-bond acceptors (Lipinski definition) is 3. The average Bonchev–Trinajstić information content (AvgIpc) is 2.04. The molecule has 1 aromatic heterocycles. The van der Waals surface area contributed by atoms with Gasteiger partial charge in [0.15, 0.2) is 0 Å². The van der Waals surface area contributed by atoms with Gasteiger partial charge in [-0.25, -0.2) is 9.97 Å². The Balaban J connectivity index is 2.82. The van der Waals surface area contributed by atoms with Gasteiger partial charge < -0.3 is 4.90 Å². The smallest absolute Gasteiger partial charge is 0.222 e. The maximum Gasteiger partial charge on any atom is 0.222 e. The van der Waals surface area contributed by atoms with E-state index in [1.165, 1.54) is 0 Å². The Hall–Kier alpha value is -0.670. The van der Waals surface area contributed by atoms with Crippen molar-refractivity contribution in [3.05, 3.63) is 23.2 Å². The van der Waals surface area contributed by atoms with Gasteiger partial charge in [-0.3, -0.25) is 0 Å². The summed E-state index contributed by atoms with van der Waals surface area (Å²) in [5, 5.41) is 0.296. The van der Waals surface area contributed by atoms with Crippen LogP contribution in [0.1, 0.15) is 18.5 Å². The normalized spacial score (nSPS) is 13.4. The molecule has 0 N–H and O–H groups in total. The molecule has 0 bridgehead atoms. The molecule has 4 heteroatoms. The van der Waals surface area contributed by atoms with E-state index in [4.69, 9.17) is 11.6 Å². The SMILES string of the molecule is CC(c1cnc(Cl)nc1)N(C)C. The van der Waals surface area contributed by atoms with Crippen LogP contribution in [0.15, 0.2) is 12.4 Å². The number of aromatic nitrogens is 2. The van der Waals surface area contributed by atoms with Crippen molar-refractivity contribution in [1.82, 2.24) is 14.9 Å². The van der Waals surface area contributed by atoms with Crippen LogP contribution in [0.5, 0.6) is 0 Å². The summed E-state index contributed by atoms with van der Waals surface area (Å²) in [5.74, 6) is 0. The summed E-state index contributed by atoms with van der Waals surface area (Å²) in [7, 11) is 4.03. The molecule has 0 aliphatic carbocycles. The van der Waals surface area contributed by atoms with Crippen molar-refractivity contribution >= 4 is 11.6 Å². The van der Waals surface area contributed by atoms with E-state index in [1.54, 1.807) is 12.4 Å². The maximum atomic E-state index is 5.56. The molecule has 0 saturated carbocycles. The Kier molecular flexibility index (Phi) is 3.00. The molecule has 0 aliphatic rings. The highest BCUT2D eigenvalue weighted by Gasteiger charge is 2.07. The van der Waals surface area contributed by atoms with E-state index < -0.39 is 0 Å². The van der Waals surface area contributed by atoms with Crippen LogP contribution < -0.4 is 0 Å². The summed E-state index contributed by atoms with van der Waals surface area (Å²) >= 11 is 5.56. The molecule has 0 radical (unpaired) electrons. The van der Waals surface area contributed by atoms with Crippen molar-refractivity contribution < 1.29 is 0 Å². The molecule has 0 saturated heterocycles. The van der Waals surface area contributed by atoms with Crippen LogP contribution in [0.25, 0.3) is 0 Å². The molecule has 3 nitrogen and oxygen atoms in total. The molecular formula is C8H12ClN3. The largest absolute Gasteiger partial charge is 0.303 e. The lowest BCUT2D eigenvalue weighted by atomic mass is 10.2. The van der Waals surface area contributed by atoms with Gasteiger partial charge in [0.05, 0.1) is 0 Å². The van der Waals surface area contributed by atoms with Crippen molar-refractivity contribution in [2.24, 2.45) is 0 Å². The zero-order valence-electron chi connectivity index (χ0n) is 7.45. The van der Waals surface area contributed by atoms with Crippen LogP contribution in [0.3, 0.4) is 0 Å². The van der Waals surface area contributed by atoms with Crippen molar-refractivity contribution in [2.45, 2.75) is 13.0 Å². The van der Waals surface area contributed by atoms with Crippen LogP contribution in [0.2, 0.25) is 5.28 Å². The summed E-state index contributed by atoms with van der Waals surface area (Å²) in [6.07, 6.45) is 3.50. The third kappa shape index (κ3) is 2.16. The second-order valence-electron chi connectivity index (χ2n) is 2.93. The molecular weight excluding hydrogens is 174 g/mol. The van der Waals surface area contributed by atoms with E-state index >= 15 is 0 Å². The fourth-order valence-corrected chi connectivity index (χ4v) is 0.934. The van der Waals surface area contributed by atoms with Gasteiger partial charge in [0, 0.05) is 24.0 Å². The number of nitrogens with zero attached hydrogens (tertiary/aromatic N) is 3.